The Morgan fingerprint density at radius 3 is 2.59 bits per heavy atom. The van der Waals surface area contributed by atoms with Crippen LogP contribution >= 0.6 is 0 Å². The minimum absolute atomic E-state index is 0.167. The van der Waals surface area contributed by atoms with Crippen molar-refractivity contribution in [2.75, 3.05) is 18.4 Å². The van der Waals surface area contributed by atoms with Crippen molar-refractivity contribution >= 4 is 11.7 Å². The van der Waals surface area contributed by atoms with Gasteiger partial charge in [0.05, 0.1) is 6.20 Å². The van der Waals surface area contributed by atoms with Crippen LogP contribution in [0.2, 0.25) is 0 Å². The van der Waals surface area contributed by atoms with Gasteiger partial charge in [-0.2, -0.15) is 0 Å². The van der Waals surface area contributed by atoms with Crippen molar-refractivity contribution in [3.8, 4) is 5.75 Å². The normalized spacial score (nSPS) is 15.3. The number of amides is 1. The molecule has 1 aliphatic rings. The summed E-state index contributed by atoms with van der Waals surface area (Å²) in [6.45, 7) is 1.98. The van der Waals surface area contributed by atoms with Crippen LogP contribution in [0, 0.1) is 0 Å². The van der Waals surface area contributed by atoms with Crippen molar-refractivity contribution in [1.29, 1.82) is 0 Å². The molecule has 1 aliphatic heterocycles. The van der Waals surface area contributed by atoms with E-state index in [2.05, 4.69) is 15.6 Å². The van der Waals surface area contributed by atoms with Crippen molar-refractivity contribution in [3.63, 3.8) is 0 Å². The Kier molecular flexibility index (Phi) is 4.65. The molecule has 0 bridgehead atoms. The summed E-state index contributed by atoms with van der Waals surface area (Å²) < 4.78 is 5.88. The number of ether oxygens (including phenoxy) is 1. The van der Waals surface area contributed by atoms with Gasteiger partial charge in [-0.1, -0.05) is 18.2 Å². The molecule has 5 heteroatoms. The Bertz CT molecular complexity index is 608. The average molecular weight is 297 g/mol. The summed E-state index contributed by atoms with van der Waals surface area (Å²) in [4.78, 5) is 16.3. The lowest BCUT2D eigenvalue weighted by Gasteiger charge is -2.23. The van der Waals surface area contributed by atoms with Crippen molar-refractivity contribution in [3.05, 3.63) is 54.2 Å². The molecule has 1 amide bonds. The number of hydrogen-bond donors (Lipinski definition) is 2. The molecule has 114 valence electrons. The first-order chi connectivity index (χ1) is 10.8. The first-order valence-corrected chi connectivity index (χ1v) is 7.51. The van der Waals surface area contributed by atoms with Crippen LogP contribution in [-0.2, 0) is 0 Å². The van der Waals surface area contributed by atoms with Crippen molar-refractivity contribution < 1.29 is 9.53 Å². The Balaban J connectivity index is 1.58. The molecule has 1 aromatic carbocycles. The summed E-state index contributed by atoms with van der Waals surface area (Å²) in [5.41, 5.74) is 0.610. The second-order valence-corrected chi connectivity index (χ2v) is 5.27. The smallest absolute Gasteiger partial charge is 0.256 e. The maximum Gasteiger partial charge on any atom is 0.256 e. The van der Waals surface area contributed by atoms with E-state index in [1.807, 2.05) is 24.3 Å². The van der Waals surface area contributed by atoms with Crippen molar-refractivity contribution in [2.24, 2.45) is 0 Å². The number of hydrogen-bond acceptors (Lipinski definition) is 4. The van der Waals surface area contributed by atoms with Crippen LogP contribution < -0.4 is 15.4 Å². The number of carbonyl (C=O) groups is 1. The third kappa shape index (κ3) is 3.83. The summed E-state index contributed by atoms with van der Waals surface area (Å²) in [5.74, 6) is 1.09. The van der Waals surface area contributed by atoms with E-state index in [-0.39, 0.29) is 12.0 Å². The van der Waals surface area contributed by atoms with Gasteiger partial charge < -0.3 is 15.4 Å². The highest BCUT2D eigenvalue weighted by molar-refractivity contribution is 6.03. The number of aromatic nitrogens is 1. The molecule has 2 aromatic rings. The van der Waals surface area contributed by atoms with Crippen LogP contribution in [0.3, 0.4) is 0 Å². The van der Waals surface area contributed by atoms with Crippen molar-refractivity contribution in [2.45, 2.75) is 18.9 Å². The van der Waals surface area contributed by atoms with Crippen LogP contribution in [0.15, 0.2) is 48.7 Å². The van der Waals surface area contributed by atoms with Crippen LogP contribution in [-0.4, -0.2) is 30.1 Å². The minimum atomic E-state index is -0.167. The molecule has 2 N–H and O–H groups in total. The van der Waals surface area contributed by atoms with Crippen LogP contribution in [0.5, 0.6) is 5.75 Å². The fourth-order valence-electron chi connectivity index (χ4n) is 2.41. The Morgan fingerprint density at radius 2 is 1.91 bits per heavy atom. The predicted molar refractivity (Wildman–Crippen MR) is 85.2 cm³/mol. The monoisotopic (exact) mass is 297 g/mol. The fraction of sp³-hybridized carbons (Fsp3) is 0.294. The number of benzene rings is 1. The molecular weight excluding hydrogens is 278 g/mol. The van der Waals surface area contributed by atoms with Gasteiger partial charge in [0.25, 0.3) is 5.91 Å². The summed E-state index contributed by atoms with van der Waals surface area (Å²) in [5, 5.41) is 6.08. The summed E-state index contributed by atoms with van der Waals surface area (Å²) >= 11 is 0. The molecule has 1 fully saturated rings. The van der Waals surface area contributed by atoms with Gasteiger partial charge in [0.15, 0.2) is 0 Å². The molecule has 1 aromatic heterocycles. The Morgan fingerprint density at radius 1 is 1.14 bits per heavy atom. The quantitative estimate of drug-likeness (QED) is 0.910. The number of anilines is 1. The van der Waals surface area contributed by atoms with E-state index in [1.165, 1.54) is 0 Å². The van der Waals surface area contributed by atoms with Gasteiger partial charge in [-0.3, -0.25) is 4.79 Å². The van der Waals surface area contributed by atoms with E-state index in [1.54, 1.807) is 24.4 Å². The number of piperidine rings is 1. The van der Waals surface area contributed by atoms with Gasteiger partial charge in [-0.15, -0.1) is 0 Å². The zero-order chi connectivity index (χ0) is 15.2. The molecule has 0 unspecified atom stereocenters. The lowest BCUT2D eigenvalue weighted by atomic mass is 10.1. The highest BCUT2D eigenvalue weighted by Crippen LogP contribution is 2.17. The molecule has 3 rings (SSSR count). The highest BCUT2D eigenvalue weighted by atomic mass is 16.5. The van der Waals surface area contributed by atoms with Gasteiger partial charge in [0, 0.05) is 5.56 Å². The molecule has 0 saturated carbocycles. The number of rotatable bonds is 4. The topological polar surface area (TPSA) is 63.2 Å². The van der Waals surface area contributed by atoms with E-state index in [0.717, 1.165) is 31.7 Å². The molecular formula is C17H19N3O2. The average Bonchev–Trinajstić information content (AvgIpc) is 2.58. The second-order valence-electron chi connectivity index (χ2n) is 5.27. The molecule has 0 radical (unpaired) electrons. The molecule has 0 aliphatic carbocycles. The lowest BCUT2D eigenvalue weighted by Crippen LogP contribution is -2.34. The summed E-state index contributed by atoms with van der Waals surface area (Å²) in [6.07, 6.45) is 3.91. The largest absolute Gasteiger partial charge is 0.489 e. The van der Waals surface area contributed by atoms with Crippen LogP contribution in [0.1, 0.15) is 23.2 Å². The van der Waals surface area contributed by atoms with Crippen molar-refractivity contribution in [1.82, 2.24) is 10.3 Å². The molecule has 1 saturated heterocycles. The lowest BCUT2D eigenvalue weighted by molar-refractivity contribution is 0.102. The minimum Gasteiger partial charge on any atom is -0.489 e. The van der Waals surface area contributed by atoms with Gasteiger partial charge in [0.1, 0.15) is 17.7 Å². The van der Waals surface area contributed by atoms with Gasteiger partial charge in [0.2, 0.25) is 0 Å². The third-order valence-corrected chi connectivity index (χ3v) is 3.60. The molecule has 5 nitrogen and oxygen atoms in total. The zero-order valence-corrected chi connectivity index (χ0v) is 12.3. The van der Waals surface area contributed by atoms with E-state index < -0.39 is 0 Å². The Labute approximate surface area is 129 Å². The maximum absolute atomic E-state index is 12.0. The molecule has 22 heavy (non-hydrogen) atoms. The number of nitrogens with zero attached hydrogens (tertiary/aromatic N) is 1. The highest BCUT2D eigenvalue weighted by Gasteiger charge is 2.14. The number of carbonyl (C=O) groups excluding carboxylic acids is 1. The summed E-state index contributed by atoms with van der Waals surface area (Å²) in [7, 11) is 0. The standard InChI is InChI=1S/C17H19N3O2/c21-17(13-4-2-1-3-5-13)20-16-7-6-15(12-19-16)22-14-8-10-18-11-9-14/h1-7,12,14,18H,8-11H2,(H,19,20,21). The van der Waals surface area contributed by atoms with Gasteiger partial charge >= 0.3 is 0 Å². The first kappa shape index (κ1) is 14.5. The number of pyridine rings is 1. The molecule has 0 atom stereocenters. The van der Waals surface area contributed by atoms with E-state index in [9.17, 15) is 4.79 Å². The zero-order valence-electron chi connectivity index (χ0n) is 12.3. The molecule has 0 spiro atoms. The van der Waals surface area contributed by atoms with Crippen LogP contribution in [0.4, 0.5) is 5.82 Å². The summed E-state index contributed by atoms with van der Waals surface area (Å²) in [6, 6.07) is 12.7. The molecule has 2 heterocycles. The SMILES string of the molecule is O=C(Nc1ccc(OC2CCNCC2)cn1)c1ccccc1. The first-order valence-electron chi connectivity index (χ1n) is 7.51. The maximum atomic E-state index is 12.0. The van der Waals surface area contributed by atoms with Gasteiger partial charge in [-0.25, -0.2) is 4.98 Å². The fourth-order valence-corrected chi connectivity index (χ4v) is 2.41. The van der Waals surface area contributed by atoms with Gasteiger partial charge in [-0.05, 0) is 50.2 Å². The predicted octanol–water partition coefficient (Wildman–Crippen LogP) is 2.46. The van der Waals surface area contributed by atoms with E-state index >= 15 is 0 Å². The van der Waals surface area contributed by atoms with E-state index in [0.29, 0.717) is 11.4 Å². The third-order valence-electron chi connectivity index (χ3n) is 3.60. The Hall–Kier alpha value is -2.40. The van der Waals surface area contributed by atoms with Crippen LogP contribution in [0.25, 0.3) is 0 Å². The number of nitrogens with one attached hydrogen (secondary N) is 2. The van der Waals surface area contributed by atoms with E-state index in [4.69, 9.17) is 4.74 Å². The second kappa shape index (κ2) is 7.04.